The van der Waals surface area contributed by atoms with Gasteiger partial charge in [-0.25, -0.2) is 4.70 Å². The second-order valence-electron chi connectivity index (χ2n) is 28.1. The first-order chi connectivity index (χ1) is 44.5. The third-order valence-corrected chi connectivity index (χ3v) is 20.0. The number of rotatable bonds is 64. The van der Waals surface area contributed by atoms with Crippen molar-refractivity contribution in [1.82, 2.24) is 0 Å². The standard InChI is InChI=1S/C84H148N2.2C2H5.Ni/c1-7-13-17-20-22-24-26-28-30-32-34-36-38-40-42-44-46-48-50-52-54-56-58-60-62-65-77-69-75(11-5)71-79(73-77)83-81(67-16-10-4)82(68-64-19-15-9-3)84(86(83)85)80-72-76(12-6)70-78(74-80)66-63-61-59-57-55-53-51-49-47-45-43-41-39-37-35-33-31-29-27-25-23-21-18-14-8-2;2*1-2;/h69-74H,7-68H2,1-6H3;2*1H2,2H3;/q;2*-1;+2. The van der Waals surface area contributed by atoms with E-state index in [1.54, 1.807) is 18.5 Å². The van der Waals surface area contributed by atoms with Gasteiger partial charge in [-0.3, -0.25) is 0 Å². The van der Waals surface area contributed by atoms with E-state index >= 15 is 0 Å². The molecule has 530 valence electrons. The molecule has 2 aromatic rings. The zero-order valence-electron chi connectivity index (χ0n) is 62.9. The Bertz CT molecular complexity index is 1950. The fraction of sp³-hybridized carbons (Fsp3) is 0.795. The molecule has 0 aliphatic carbocycles. The van der Waals surface area contributed by atoms with Crippen molar-refractivity contribution in [1.29, 1.82) is 0 Å². The third-order valence-electron chi connectivity index (χ3n) is 20.0. The number of hydrogen-bond acceptors (Lipinski definition) is 0. The predicted octanol–water partition coefficient (Wildman–Crippen LogP) is 31.5. The summed E-state index contributed by atoms with van der Waals surface area (Å²) < 4.78 is 1.69. The predicted molar refractivity (Wildman–Crippen MR) is 409 cm³/mol. The molecule has 0 fully saturated rings. The van der Waals surface area contributed by atoms with Crippen molar-refractivity contribution < 1.29 is 21.2 Å². The second kappa shape index (κ2) is 68.0. The Kier molecular flexibility index (Phi) is 66.5. The second-order valence-corrected chi connectivity index (χ2v) is 28.1. The molecule has 0 aromatic heterocycles. The van der Waals surface area contributed by atoms with Gasteiger partial charge in [0.05, 0.1) is 0 Å². The molecule has 0 bridgehead atoms. The Morgan fingerprint density at radius 1 is 0.231 bits per heavy atom. The molecule has 3 heteroatoms. The molecule has 2 aromatic carbocycles. The minimum Gasteiger partial charge on any atom is -0.493 e. The van der Waals surface area contributed by atoms with Gasteiger partial charge in [-0.2, -0.15) is 13.8 Å². The van der Waals surface area contributed by atoms with Crippen LogP contribution in [-0.4, -0.2) is 4.70 Å². The minimum absolute atomic E-state index is 0. The number of allylic oxidation sites excluding steroid dienone is 2. The van der Waals surface area contributed by atoms with Crippen molar-refractivity contribution in [2.75, 3.05) is 0 Å². The number of nitrogens with zero attached hydrogens (tertiary/aromatic N) is 2. The van der Waals surface area contributed by atoms with Gasteiger partial charge in [-0.15, -0.1) is 0 Å². The largest absolute Gasteiger partial charge is 2.00 e. The van der Waals surface area contributed by atoms with Crippen LogP contribution in [0, 0.1) is 13.8 Å². The maximum absolute atomic E-state index is 12.8. The average molecular weight is 1300 g/mol. The molecule has 0 saturated heterocycles. The summed E-state index contributed by atoms with van der Waals surface area (Å²) >= 11 is 0. The van der Waals surface area contributed by atoms with E-state index in [9.17, 15) is 5.53 Å². The van der Waals surface area contributed by atoms with Crippen LogP contribution in [0.4, 0.5) is 0 Å². The fourth-order valence-corrected chi connectivity index (χ4v) is 14.3. The molecular formula is C88H158N2Ni. The first kappa shape index (κ1) is 89.0. The summed E-state index contributed by atoms with van der Waals surface area (Å²) in [6.45, 7) is 23.9. The number of unbranched alkanes of at least 4 members (excludes halogenated alkanes) is 52. The molecule has 0 N–H and O–H groups in total. The van der Waals surface area contributed by atoms with Crippen LogP contribution in [0.3, 0.4) is 0 Å². The van der Waals surface area contributed by atoms with Crippen LogP contribution in [0.25, 0.3) is 16.9 Å². The third kappa shape index (κ3) is 46.8. The molecular weight excluding hydrogens is 1140 g/mol. The Hall–Kier alpha value is -1.99. The SMILES string of the molecule is CCCCCCCCCCCCCCCCCCCCCCCCCCCc1cc(CC)cc(C2=C(CCCC)C(CCCCCC)=C(c3cc(CC)cc(CCCCCCCCCCCCCCCCCCCCCCCCCCC)c3)[N+]2=[N-])c1.[CH2-]C.[CH2-]C.[Ni+2]. The Labute approximate surface area is 582 Å². The average Bonchev–Trinajstić information content (AvgIpc) is 1.62. The molecule has 0 saturated carbocycles. The van der Waals surface area contributed by atoms with Gasteiger partial charge in [0, 0.05) is 22.3 Å². The summed E-state index contributed by atoms with van der Waals surface area (Å²) in [6, 6.07) is 14.7. The first-order valence-corrected chi connectivity index (χ1v) is 41.1. The number of aryl methyl sites for hydroxylation is 4. The van der Waals surface area contributed by atoms with Crippen molar-refractivity contribution in [2.45, 2.75) is 453 Å². The van der Waals surface area contributed by atoms with Crippen LogP contribution in [-0.2, 0) is 42.2 Å². The van der Waals surface area contributed by atoms with Crippen LogP contribution in [0.1, 0.15) is 461 Å². The normalized spacial score (nSPS) is 12.2. The van der Waals surface area contributed by atoms with E-state index < -0.39 is 0 Å². The molecule has 1 aliphatic rings. The van der Waals surface area contributed by atoms with Gasteiger partial charge in [0.1, 0.15) is 0 Å². The molecule has 0 amide bonds. The van der Waals surface area contributed by atoms with Gasteiger partial charge in [0.15, 0.2) is 0 Å². The monoisotopic (exact) mass is 1300 g/mol. The fourth-order valence-electron chi connectivity index (χ4n) is 14.3. The van der Waals surface area contributed by atoms with E-state index in [2.05, 4.69) is 91.8 Å². The number of benzene rings is 2. The molecule has 2 nitrogen and oxygen atoms in total. The van der Waals surface area contributed by atoms with Gasteiger partial charge in [-0.1, -0.05) is 388 Å². The van der Waals surface area contributed by atoms with E-state index in [-0.39, 0.29) is 16.5 Å². The van der Waals surface area contributed by atoms with Gasteiger partial charge in [0.2, 0.25) is 11.4 Å². The van der Waals surface area contributed by atoms with Crippen LogP contribution in [0.5, 0.6) is 0 Å². The zero-order valence-corrected chi connectivity index (χ0v) is 63.9. The van der Waals surface area contributed by atoms with Crippen molar-refractivity contribution in [3.05, 3.63) is 100 Å². The van der Waals surface area contributed by atoms with Crippen LogP contribution < -0.4 is 0 Å². The van der Waals surface area contributed by atoms with Crippen LogP contribution >= 0.6 is 0 Å². The summed E-state index contributed by atoms with van der Waals surface area (Å²) in [5, 5.41) is 0. The smallest absolute Gasteiger partial charge is 0.493 e. The molecule has 0 unspecified atom stereocenters. The van der Waals surface area contributed by atoms with E-state index in [1.165, 1.54) is 391 Å². The summed E-state index contributed by atoms with van der Waals surface area (Å²) in [6.07, 6.45) is 85.4. The Morgan fingerprint density at radius 3 is 0.626 bits per heavy atom. The summed E-state index contributed by atoms with van der Waals surface area (Å²) in [4.78, 5) is 0. The molecule has 1 heterocycles. The molecule has 1 aliphatic heterocycles. The van der Waals surface area contributed by atoms with Crippen molar-refractivity contribution in [3.8, 4) is 0 Å². The maximum atomic E-state index is 12.8. The molecule has 3 rings (SSSR count). The van der Waals surface area contributed by atoms with E-state index in [1.807, 2.05) is 0 Å². The van der Waals surface area contributed by atoms with Gasteiger partial charge >= 0.3 is 16.5 Å². The van der Waals surface area contributed by atoms with Crippen LogP contribution in [0.15, 0.2) is 47.5 Å². The Balaban J connectivity index is 0.0000159. The van der Waals surface area contributed by atoms with E-state index in [0.717, 1.165) is 62.8 Å². The van der Waals surface area contributed by atoms with Crippen molar-refractivity contribution in [2.24, 2.45) is 0 Å². The molecule has 0 atom stereocenters. The van der Waals surface area contributed by atoms with E-state index in [4.69, 9.17) is 0 Å². The van der Waals surface area contributed by atoms with Crippen molar-refractivity contribution in [3.63, 3.8) is 0 Å². The topological polar surface area (TPSA) is 25.3 Å². The van der Waals surface area contributed by atoms with E-state index in [0.29, 0.717) is 0 Å². The van der Waals surface area contributed by atoms with Gasteiger partial charge < -0.3 is 19.4 Å². The maximum Gasteiger partial charge on any atom is 2.00 e. The van der Waals surface area contributed by atoms with Gasteiger partial charge in [-0.05, 0) is 111 Å². The van der Waals surface area contributed by atoms with Crippen LogP contribution in [0.2, 0.25) is 0 Å². The Morgan fingerprint density at radius 2 is 0.407 bits per heavy atom. The number of hydrogen-bond donors (Lipinski definition) is 0. The minimum atomic E-state index is 0. The summed E-state index contributed by atoms with van der Waals surface area (Å²) in [7, 11) is 0. The zero-order chi connectivity index (χ0) is 65.4. The van der Waals surface area contributed by atoms with Gasteiger partial charge in [0.25, 0.3) is 0 Å². The summed E-state index contributed by atoms with van der Waals surface area (Å²) in [5.74, 6) is 0. The first-order valence-electron chi connectivity index (χ1n) is 41.1. The molecule has 0 spiro atoms. The molecule has 91 heavy (non-hydrogen) atoms. The quantitative estimate of drug-likeness (QED) is 0.0273. The van der Waals surface area contributed by atoms with Crippen molar-refractivity contribution >= 4 is 11.4 Å². The summed E-state index contributed by atoms with van der Waals surface area (Å²) in [5.41, 5.74) is 26.0. The molecule has 0 radical (unpaired) electrons.